The van der Waals surface area contributed by atoms with E-state index in [0.717, 1.165) is 42.9 Å². The summed E-state index contributed by atoms with van der Waals surface area (Å²) >= 11 is 0. The number of aryl methyl sites for hydroxylation is 2. The zero-order chi connectivity index (χ0) is 17.0. The Morgan fingerprint density at radius 2 is 1.87 bits per heavy atom. The fraction of sp³-hybridized carbons (Fsp3) is 0.647. The molecule has 1 heterocycles. The second-order valence-corrected chi connectivity index (χ2v) is 8.17. The third-order valence-electron chi connectivity index (χ3n) is 4.32. The molecule has 0 aliphatic carbocycles. The van der Waals surface area contributed by atoms with Crippen molar-refractivity contribution in [3.05, 3.63) is 23.3 Å². The van der Waals surface area contributed by atoms with Crippen LogP contribution in [0.1, 0.15) is 30.9 Å². The van der Waals surface area contributed by atoms with Crippen LogP contribution in [-0.2, 0) is 14.8 Å². The van der Waals surface area contributed by atoms with Gasteiger partial charge in [-0.05, 0) is 62.8 Å². The average Bonchev–Trinajstić information content (AvgIpc) is 2.51. The molecule has 0 N–H and O–H groups in total. The highest BCUT2D eigenvalue weighted by Crippen LogP contribution is 2.28. The molecule has 0 unspecified atom stereocenters. The molecule has 0 saturated carbocycles. The fourth-order valence-electron chi connectivity index (χ4n) is 2.91. The van der Waals surface area contributed by atoms with E-state index in [1.54, 1.807) is 13.1 Å². The van der Waals surface area contributed by atoms with Gasteiger partial charge in [0.25, 0.3) is 0 Å². The largest absolute Gasteiger partial charge is 0.494 e. The van der Waals surface area contributed by atoms with Crippen molar-refractivity contribution in [1.29, 1.82) is 0 Å². The van der Waals surface area contributed by atoms with Crippen molar-refractivity contribution in [2.24, 2.45) is 5.92 Å². The number of sulfonamides is 1. The van der Waals surface area contributed by atoms with Crippen LogP contribution >= 0.6 is 0 Å². The Morgan fingerprint density at radius 3 is 2.48 bits per heavy atom. The lowest BCUT2D eigenvalue weighted by atomic mass is 10.0. The Hall–Kier alpha value is -1.11. The maximum Gasteiger partial charge on any atom is 0.243 e. The summed E-state index contributed by atoms with van der Waals surface area (Å²) in [5.41, 5.74) is 1.56. The molecule has 0 radical (unpaired) electrons. The molecule has 0 atom stereocenters. The molecule has 6 heteroatoms. The quantitative estimate of drug-likeness (QED) is 0.798. The Balaban J connectivity index is 2.22. The lowest BCUT2D eigenvalue weighted by Gasteiger charge is -2.27. The van der Waals surface area contributed by atoms with Crippen molar-refractivity contribution in [2.75, 3.05) is 33.4 Å². The number of benzene rings is 1. The molecule has 1 aliphatic heterocycles. The summed E-state index contributed by atoms with van der Waals surface area (Å²) in [6.07, 6.45) is 1.84. The van der Waals surface area contributed by atoms with Crippen molar-refractivity contribution in [3.8, 4) is 5.75 Å². The molecule has 1 aliphatic rings. The van der Waals surface area contributed by atoms with E-state index in [-0.39, 0.29) is 0 Å². The van der Waals surface area contributed by atoms with Gasteiger partial charge in [0.15, 0.2) is 0 Å². The van der Waals surface area contributed by atoms with E-state index < -0.39 is 10.0 Å². The van der Waals surface area contributed by atoms with E-state index >= 15 is 0 Å². The van der Waals surface area contributed by atoms with Crippen LogP contribution in [0.3, 0.4) is 0 Å². The van der Waals surface area contributed by atoms with Crippen molar-refractivity contribution in [1.82, 2.24) is 4.31 Å². The van der Waals surface area contributed by atoms with Gasteiger partial charge < -0.3 is 9.47 Å². The summed E-state index contributed by atoms with van der Waals surface area (Å²) in [6.45, 7) is 8.16. The van der Waals surface area contributed by atoms with Gasteiger partial charge in [-0.3, -0.25) is 0 Å². The molecule has 0 aromatic heterocycles. The number of ether oxygens (including phenoxy) is 2. The van der Waals surface area contributed by atoms with Crippen LogP contribution in [0.15, 0.2) is 17.0 Å². The van der Waals surface area contributed by atoms with Gasteiger partial charge in [0.2, 0.25) is 10.0 Å². The third-order valence-corrected chi connectivity index (χ3v) is 6.28. The molecule has 1 saturated heterocycles. The molecule has 1 fully saturated rings. The maximum absolute atomic E-state index is 12.9. The van der Waals surface area contributed by atoms with Gasteiger partial charge in [-0.2, -0.15) is 0 Å². The minimum Gasteiger partial charge on any atom is -0.494 e. The van der Waals surface area contributed by atoms with Crippen LogP contribution in [-0.4, -0.2) is 46.1 Å². The first-order valence-corrected chi connectivity index (χ1v) is 9.58. The molecule has 1 aromatic carbocycles. The number of hydrogen-bond donors (Lipinski definition) is 0. The number of nitrogens with zero attached hydrogens (tertiary/aromatic N) is 1. The maximum atomic E-state index is 12.9. The van der Waals surface area contributed by atoms with Crippen molar-refractivity contribution in [3.63, 3.8) is 0 Å². The molecule has 0 amide bonds. The van der Waals surface area contributed by atoms with E-state index in [9.17, 15) is 8.42 Å². The summed E-state index contributed by atoms with van der Waals surface area (Å²) in [7, 11) is -1.82. The SMILES string of the molecule is CCOc1cc(C)c(S(=O)(=O)N(C)CC2CCOCC2)cc1C. The zero-order valence-electron chi connectivity index (χ0n) is 14.5. The lowest BCUT2D eigenvalue weighted by molar-refractivity contribution is 0.0620. The molecule has 0 spiro atoms. The Morgan fingerprint density at radius 1 is 1.22 bits per heavy atom. The van der Waals surface area contributed by atoms with Gasteiger partial charge in [0, 0.05) is 26.8 Å². The highest BCUT2D eigenvalue weighted by atomic mass is 32.2. The lowest BCUT2D eigenvalue weighted by Crippen LogP contribution is -2.34. The van der Waals surface area contributed by atoms with Gasteiger partial charge >= 0.3 is 0 Å². The Bertz CT molecular complexity index is 636. The van der Waals surface area contributed by atoms with Gasteiger partial charge in [-0.15, -0.1) is 0 Å². The minimum absolute atomic E-state index is 0.368. The van der Waals surface area contributed by atoms with E-state index in [4.69, 9.17) is 9.47 Å². The molecule has 5 nitrogen and oxygen atoms in total. The van der Waals surface area contributed by atoms with Crippen LogP contribution in [0.2, 0.25) is 0 Å². The van der Waals surface area contributed by atoms with Gasteiger partial charge in [-0.25, -0.2) is 12.7 Å². The Labute approximate surface area is 139 Å². The summed E-state index contributed by atoms with van der Waals surface area (Å²) in [5.74, 6) is 1.11. The first-order valence-electron chi connectivity index (χ1n) is 8.14. The first-order chi connectivity index (χ1) is 10.9. The van der Waals surface area contributed by atoms with Crippen LogP contribution in [0.4, 0.5) is 0 Å². The first kappa shape index (κ1) is 18.2. The molecule has 23 heavy (non-hydrogen) atoms. The van der Waals surface area contributed by atoms with Crippen molar-refractivity contribution < 1.29 is 17.9 Å². The molecule has 2 rings (SSSR count). The summed E-state index contributed by atoms with van der Waals surface area (Å²) in [5, 5.41) is 0. The van der Waals surface area contributed by atoms with Crippen LogP contribution < -0.4 is 4.74 Å². The van der Waals surface area contributed by atoms with Gasteiger partial charge in [0.05, 0.1) is 11.5 Å². The van der Waals surface area contributed by atoms with E-state index in [0.29, 0.717) is 24.0 Å². The zero-order valence-corrected chi connectivity index (χ0v) is 15.3. The standard InChI is InChI=1S/C17H27NO4S/c1-5-22-16-10-14(3)17(11-13(16)2)23(19,20)18(4)12-15-6-8-21-9-7-15/h10-11,15H,5-9,12H2,1-4H3. The number of rotatable bonds is 6. The molecule has 0 bridgehead atoms. The summed E-state index contributed by atoms with van der Waals surface area (Å²) in [6, 6.07) is 3.53. The second kappa shape index (κ2) is 7.64. The highest BCUT2D eigenvalue weighted by Gasteiger charge is 2.27. The summed E-state index contributed by atoms with van der Waals surface area (Å²) < 4.78 is 38.2. The van der Waals surface area contributed by atoms with Crippen LogP contribution in [0.5, 0.6) is 5.75 Å². The predicted octanol–water partition coefficient (Wildman–Crippen LogP) is 2.75. The van der Waals surface area contributed by atoms with E-state index in [2.05, 4.69) is 0 Å². The Kier molecular flexibility index (Phi) is 6.06. The highest BCUT2D eigenvalue weighted by molar-refractivity contribution is 7.89. The summed E-state index contributed by atoms with van der Waals surface area (Å²) in [4.78, 5) is 0.369. The monoisotopic (exact) mass is 341 g/mol. The second-order valence-electron chi connectivity index (χ2n) is 6.16. The molecule has 1 aromatic rings. The van der Waals surface area contributed by atoms with Crippen molar-refractivity contribution in [2.45, 2.75) is 38.5 Å². The molecule has 130 valence electrons. The topological polar surface area (TPSA) is 55.8 Å². The fourth-order valence-corrected chi connectivity index (χ4v) is 4.45. The number of hydrogen-bond acceptors (Lipinski definition) is 4. The van der Waals surface area contributed by atoms with E-state index in [1.165, 1.54) is 4.31 Å². The van der Waals surface area contributed by atoms with Crippen LogP contribution in [0.25, 0.3) is 0 Å². The molecular formula is C17H27NO4S. The van der Waals surface area contributed by atoms with E-state index in [1.807, 2.05) is 26.8 Å². The molecular weight excluding hydrogens is 314 g/mol. The normalized spacial score (nSPS) is 16.7. The predicted molar refractivity (Wildman–Crippen MR) is 90.4 cm³/mol. The third kappa shape index (κ3) is 4.25. The van der Waals surface area contributed by atoms with Gasteiger partial charge in [-0.1, -0.05) is 0 Å². The average molecular weight is 341 g/mol. The smallest absolute Gasteiger partial charge is 0.243 e. The van der Waals surface area contributed by atoms with Gasteiger partial charge in [0.1, 0.15) is 5.75 Å². The van der Waals surface area contributed by atoms with Crippen molar-refractivity contribution >= 4 is 10.0 Å². The minimum atomic E-state index is -3.49. The van der Waals surface area contributed by atoms with Crippen LogP contribution in [0, 0.1) is 19.8 Å².